The summed E-state index contributed by atoms with van der Waals surface area (Å²) in [6, 6.07) is 16.0. The fourth-order valence-corrected chi connectivity index (χ4v) is 4.20. The molecule has 1 aromatic heterocycles. The topological polar surface area (TPSA) is 69.0 Å². The quantitative estimate of drug-likeness (QED) is 0.391. The number of hydrogen-bond acceptors (Lipinski definition) is 5. The summed E-state index contributed by atoms with van der Waals surface area (Å²) in [5.74, 6) is 2.58. The van der Waals surface area contributed by atoms with Crippen LogP contribution in [0.3, 0.4) is 0 Å². The Morgan fingerprint density at radius 2 is 1.75 bits per heavy atom. The Morgan fingerprint density at radius 1 is 1.03 bits per heavy atom. The highest BCUT2D eigenvalue weighted by atomic mass is 32.2. The Bertz CT molecular complexity index is 1030. The molecule has 0 aliphatic carbocycles. The molecule has 0 unspecified atom stereocenters. The number of anilines is 1. The zero-order valence-corrected chi connectivity index (χ0v) is 20.3. The molecule has 7 heteroatoms. The Balaban J connectivity index is 1.58. The molecule has 0 aliphatic heterocycles. The molecule has 0 saturated heterocycles. The number of benzene rings is 2. The first kappa shape index (κ1) is 23.9. The molecule has 0 radical (unpaired) electrons. The van der Waals surface area contributed by atoms with Gasteiger partial charge < -0.3 is 14.6 Å². The van der Waals surface area contributed by atoms with E-state index < -0.39 is 0 Å². The summed E-state index contributed by atoms with van der Waals surface area (Å²) >= 11 is 1.38. The maximum atomic E-state index is 12.5. The lowest BCUT2D eigenvalue weighted by molar-refractivity contribution is -0.113. The van der Waals surface area contributed by atoms with E-state index in [4.69, 9.17) is 4.74 Å². The Hall–Kier alpha value is -2.80. The van der Waals surface area contributed by atoms with Crippen molar-refractivity contribution in [2.24, 2.45) is 0 Å². The molecule has 0 fully saturated rings. The largest absolute Gasteiger partial charge is 0.486 e. The number of nitrogens with one attached hydrogen (secondary N) is 1. The molecule has 3 rings (SSSR count). The van der Waals surface area contributed by atoms with Gasteiger partial charge in [0, 0.05) is 12.2 Å². The second-order valence-corrected chi connectivity index (χ2v) is 9.18. The average molecular weight is 453 g/mol. The minimum Gasteiger partial charge on any atom is -0.486 e. The van der Waals surface area contributed by atoms with Crippen LogP contribution >= 0.6 is 11.8 Å². The van der Waals surface area contributed by atoms with Crippen LogP contribution in [0.25, 0.3) is 0 Å². The molecule has 32 heavy (non-hydrogen) atoms. The van der Waals surface area contributed by atoms with E-state index in [-0.39, 0.29) is 11.7 Å². The SMILES string of the molecule is CCn1c(COc2ccc(C(C)C)cc2)nnc1SCC(=O)Nc1ccccc1C(C)C. The highest BCUT2D eigenvalue weighted by Crippen LogP contribution is 2.25. The fourth-order valence-electron chi connectivity index (χ4n) is 3.38. The zero-order valence-electron chi connectivity index (χ0n) is 19.5. The molecule has 0 spiro atoms. The summed E-state index contributed by atoms with van der Waals surface area (Å²) in [5, 5.41) is 12.3. The van der Waals surface area contributed by atoms with Crippen molar-refractivity contribution in [3.63, 3.8) is 0 Å². The van der Waals surface area contributed by atoms with Gasteiger partial charge in [0.15, 0.2) is 11.0 Å². The van der Waals surface area contributed by atoms with E-state index >= 15 is 0 Å². The molecule has 0 atom stereocenters. The summed E-state index contributed by atoms with van der Waals surface area (Å²) in [6.45, 7) is 11.6. The molecule has 3 aromatic rings. The van der Waals surface area contributed by atoms with Crippen molar-refractivity contribution < 1.29 is 9.53 Å². The molecule has 6 nitrogen and oxygen atoms in total. The van der Waals surface area contributed by atoms with Crippen molar-refractivity contribution in [1.29, 1.82) is 0 Å². The molecule has 0 saturated carbocycles. The Kier molecular flexibility index (Phi) is 8.33. The van der Waals surface area contributed by atoms with E-state index in [0.29, 0.717) is 30.1 Å². The molecular weight excluding hydrogens is 420 g/mol. The van der Waals surface area contributed by atoms with Crippen LogP contribution in [0.4, 0.5) is 5.69 Å². The van der Waals surface area contributed by atoms with Gasteiger partial charge in [-0.15, -0.1) is 10.2 Å². The van der Waals surface area contributed by atoms with Crippen molar-refractivity contribution in [3.8, 4) is 5.75 Å². The number of carbonyl (C=O) groups is 1. The average Bonchev–Trinajstić information content (AvgIpc) is 3.18. The summed E-state index contributed by atoms with van der Waals surface area (Å²) in [5.41, 5.74) is 3.27. The van der Waals surface area contributed by atoms with Crippen LogP contribution in [0, 0.1) is 0 Å². The van der Waals surface area contributed by atoms with Crippen molar-refractivity contribution >= 4 is 23.4 Å². The van der Waals surface area contributed by atoms with E-state index in [1.54, 1.807) is 0 Å². The van der Waals surface area contributed by atoms with Crippen molar-refractivity contribution in [1.82, 2.24) is 14.8 Å². The Morgan fingerprint density at radius 3 is 2.41 bits per heavy atom. The van der Waals surface area contributed by atoms with Gasteiger partial charge in [0.2, 0.25) is 5.91 Å². The fraction of sp³-hybridized carbons (Fsp3) is 0.400. The lowest BCUT2D eigenvalue weighted by Gasteiger charge is -2.13. The molecule has 1 amide bonds. The third-order valence-corrected chi connectivity index (χ3v) is 6.18. The second-order valence-electron chi connectivity index (χ2n) is 8.23. The molecule has 1 N–H and O–H groups in total. The summed E-state index contributed by atoms with van der Waals surface area (Å²) < 4.78 is 7.90. The minimum absolute atomic E-state index is 0.0585. The summed E-state index contributed by atoms with van der Waals surface area (Å²) in [6.07, 6.45) is 0. The number of para-hydroxylation sites is 1. The van der Waals surface area contributed by atoms with Gasteiger partial charge in [-0.2, -0.15) is 0 Å². The number of ether oxygens (including phenoxy) is 1. The first-order chi connectivity index (χ1) is 15.4. The number of nitrogens with zero attached hydrogens (tertiary/aromatic N) is 3. The smallest absolute Gasteiger partial charge is 0.234 e. The van der Waals surface area contributed by atoms with Crippen LogP contribution in [0.1, 0.15) is 63.4 Å². The van der Waals surface area contributed by atoms with Gasteiger partial charge in [-0.05, 0) is 48.1 Å². The van der Waals surface area contributed by atoms with Gasteiger partial charge in [-0.3, -0.25) is 4.79 Å². The van der Waals surface area contributed by atoms with E-state index in [1.807, 2.05) is 47.9 Å². The number of hydrogen-bond donors (Lipinski definition) is 1. The van der Waals surface area contributed by atoms with Gasteiger partial charge in [0.1, 0.15) is 12.4 Å². The number of carbonyl (C=O) groups excluding carboxylic acids is 1. The lowest BCUT2D eigenvalue weighted by Crippen LogP contribution is -2.16. The predicted molar refractivity (Wildman–Crippen MR) is 130 cm³/mol. The Labute approximate surface area is 194 Å². The van der Waals surface area contributed by atoms with Crippen LogP contribution in [0.15, 0.2) is 53.7 Å². The maximum Gasteiger partial charge on any atom is 0.234 e. The van der Waals surface area contributed by atoms with E-state index in [2.05, 4.69) is 55.3 Å². The molecule has 170 valence electrons. The van der Waals surface area contributed by atoms with Crippen LogP contribution in [0.5, 0.6) is 5.75 Å². The number of amides is 1. The first-order valence-corrected chi connectivity index (χ1v) is 12.0. The van der Waals surface area contributed by atoms with Crippen LogP contribution in [-0.2, 0) is 17.9 Å². The first-order valence-electron chi connectivity index (χ1n) is 11.1. The molecule has 1 heterocycles. The lowest BCUT2D eigenvalue weighted by atomic mass is 10.0. The minimum atomic E-state index is -0.0585. The van der Waals surface area contributed by atoms with Gasteiger partial charge in [0.25, 0.3) is 0 Å². The van der Waals surface area contributed by atoms with E-state index in [0.717, 1.165) is 22.8 Å². The number of thioether (sulfide) groups is 1. The van der Waals surface area contributed by atoms with E-state index in [9.17, 15) is 4.79 Å². The van der Waals surface area contributed by atoms with Gasteiger partial charge >= 0.3 is 0 Å². The monoisotopic (exact) mass is 452 g/mol. The molecular formula is C25H32N4O2S. The molecule has 0 aliphatic rings. The molecule has 0 bridgehead atoms. The zero-order chi connectivity index (χ0) is 23.1. The van der Waals surface area contributed by atoms with Gasteiger partial charge in [-0.25, -0.2) is 0 Å². The summed E-state index contributed by atoms with van der Waals surface area (Å²) in [7, 11) is 0. The standard InChI is InChI=1S/C25H32N4O2S/c1-6-29-23(15-31-20-13-11-19(12-14-20)17(2)3)27-28-25(29)32-16-24(30)26-22-10-8-7-9-21(22)18(4)5/h7-14,17-18H,6,15-16H2,1-5H3,(H,26,30). The van der Waals surface area contributed by atoms with E-state index in [1.165, 1.54) is 17.3 Å². The van der Waals surface area contributed by atoms with Crippen molar-refractivity contribution in [2.45, 2.75) is 64.8 Å². The van der Waals surface area contributed by atoms with Crippen molar-refractivity contribution in [3.05, 3.63) is 65.5 Å². The van der Waals surface area contributed by atoms with Crippen LogP contribution in [0.2, 0.25) is 0 Å². The summed E-state index contributed by atoms with van der Waals surface area (Å²) in [4.78, 5) is 12.5. The highest BCUT2D eigenvalue weighted by Gasteiger charge is 2.15. The van der Waals surface area contributed by atoms with Gasteiger partial charge in [0.05, 0.1) is 5.75 Å². The number of aromatic nitrogens is 3. The second kappa shape index (κ2) is 11.2. The molecule has 2 aromatic carbocycles. The normalized spacial score (nSPS) is 11.2. The van der Waals surface area contributed by atoms with Crippen LogP contribution in [-0.4, -0.2) is 26.4 Å². The third kappa shape index (κ3) is 6.13. The highest BCUT2D eigenvalue weighted by molar-refractivity contribution is 7.99. The van der Waals surface area contributed by atoms with Crippen molar-refractivity contribution in [2.75, 3.05) is 11.1 Å². The maximum absolute atomic E-state index is 12.5. The van der Waals surface area contributed by atoms with Gasteiger partial charge in [-0.1, -0.05) is 69.8 Å². The third-order valence-electron chi connectivity index (χ3n) is 5.21. The van der Waals surface area contributed by atoms with Crippen LogP contribution < -0.4 is 10.1 Å². The predicted octanol–water partition coefficient (Wildman–Crippen LogP) is 5.85. The number of rotatable bonds is 10.